The van der Waals surface area contributed by atoms with E-state index in [0.29, 0.717) is 17.1 Å². The zero-order valence-corrected chi connectivity index (χ0v) is 15.8. The Bertz CT molecular complexity index is 1000. The van der Waals surface area contributed by atoms with Gasteiger partial charge in [-0.05, 0) is 47.9 Å². The van der Waals surface area contributed by atoms with E-state index in [1.54, 1.807) is 30.3 Å². The molecule has 1 amide bonds. The van der Waals surface area contributed by atoms with Gasteiger partial charge in [0.1, 0.15) is 23.0 Å². The molecule has 6 nitrogen and oxygen atoms in total. The Kier molecular flexibility index (Phi) is 5.69. The molecule has 0 aromatic heterocycles. The van der Waals surface area contributed by atoms with Crippen LogP contribution in [0.1, 0.15) is 0 Å². The largest absolute Gasteiger partial charge is 0.506 e. The third kappa shape index (κ3) is 4.42. The number of nitrogens with zero attached hydrogens (tertiary/aromatic N) is 2. The van der Waals surface area contributed by atoms with Crippen LogP contribution in [0, 0.1) is 0 Å². The highest BCUT2D eigenvalue weighted by molar-refractivity contribution is 6.29. The maximum atomic E-state index is 11.3. The third-order valence-electron chi connectivity index (χ3n) is 4.09. The van der Waals surface area contributed by atoms with Gasteiger partial charge in [-0.1, -0.05) is 6.07 Å². The number of phenols is 1. The molecule has 3 N–H and O–H groups in total. The molecular weight excluding hydrogens is 364 g/mol. The number of amides is 1. The van der Waals surface area contributed by atoms with Crippen molar-refractivity contribution in [3.05, 3.63) is 54.6 Å². The number of fused-ring (bicyclic) bond motifs is 1. The number of carbonyl (C=O) groups is 1. The Labute approximate surface area is 162 Å². The molecule has 0 saturated heterocycles. The smallest absolute Gasteiger partial charge is 0.239 e. The molecule has 0 spiro atoms. The third-order valence-corrected chi connectivity index (χ3v) is 4.33. The summed E-state index contributed by atoms with van der Waals surface area (Å²) in [6.45, 7) is 0. The molecule has 0 bridgehead atoms. The molecular formula is C20H20ClN4O2+. The van der Waals surface area contributed by atoms with Gasteiger partial charge in [-0.2, -0.15) is 5.11 Å². The van der Waals surface area contributed by atoms with Gasteiger partial charge < -0.3 is 15.3 Å². The maximum absolute atomic E-state index is 11.3. The SMILES string of the molecule is C[NH+](C)c1ccc2ccc(O)c(N=Nc3ccc(NC(=O)CCl)cc3)c2c1. The summed E-state index contributed by atoms with van der Waals surface area (Å²) >= 11 is 5.47. The van der Waals surface area contributed by atoms with E-state index < -0.39 is 0 Å². The van der Waals surface area contributed by atoms with Crippen molar-refractivity contribution in [2.45, 2.75) is 0 Å². The van der Waals surface area contributed by atoms with E-state index in [2.05, 4.69) is 15.5 Å². The van der Waals surface area contributed by atoms with E-state index in [-0.39, 0.29) is 17.5 Å². The van der Waals surface area contributed by atoms with Crippen molar-refractivity contribution in [3.8, 4) is 5.75 Å². The van der Waals surface area contributed by atoms with Crippen LogP contribution < -0.4 is 10.2 Å². The van der Waals surface area contributed by atoms with Gasteiger partial charge in [0.2, 0.25) is 5.91 Å². The van der Waals surface area contributed by atoms with Gasteiger partial charge in [0.15, 0.2) is 0 Å². The first-order chi connectivity index (χ1) is 13.0. The lowest BCUT2D eigenvalue weighted by Gasteiger charge is -2.09. The van der Waals surface area contributed by atoms with Crippen molar-refractivity contribution in [2.24, 2.45) is 10.2 Å². The molecule has 7 heteroatoms. The summed E-state index contributed by atoms with van der Waals surface area (Å²) in [7, 11) is 4.07. The fourth-order valence-corrected chi connectivity index (χ4v) is 2.69. The summed E-state index contributed by atoms with van der Waals surface area (Å²) in [6.07, 6.45) is 0. The van der Waals surface area contributed by atoms with Crippen LogP contribution in [-0.4, -0.2) is 31.0 Å². The molecule has 0 saturated carbocycles. The Balaban J connectivity index is 1.92. The first-order valence-corrected chi connectivity index (χ1v) is 8.95. The Hall–Kier alpha value is -2.96. The molecule has 0 atom stereocenters. The van der Waals surface area contributed by atoms with Crippen LogP contribution in [-0.2, 0) is 4.79 Å². The fraction of sp³-hybridized carbons (Fsp3) is 0.150. The number of rotatable bonds is 5. The molecule has 0 aliphatic heterocycles. The van der Waals surface area contributed by atoms with Gasteiger partial charge in [0.25, 0.3) is 0 Å². The molecule has 0 radical (unpaired) electrons. The van der Waals surface area contributed by atoms with Crippen molar-refractivity contribution >= 4 is 51.0 Å². The first-order valence-electron chi connectivity index (χ1n) is 8.42. The van der Waals surface area contributed by atoms with Crippen LogP contribution in [0.4, 0.5) is 22.7 Å². The predicted octanol–water partition coefficient (Wildman–Crippen LogP) is 3.91. The average molecular weight is 384 g/mol. The van der Waals surface area contributed by atoms with Crippen LogP contribution in [0.25, 0.3) is 10.8 Å². The number of hydrogen-bond acceptors (Lipinski definition) is 4. The summed E-state index contributed by atoms with van der Waals surface area (Å²) < 4.78 is 0. The highest BCUT2D eigenvalue weighted by Gasteiger charge is 2.10. The minimum absolute atomic E-state index is 0.0724. The number of phenolic OH excluding ortho intramolecular Hbond substituents is 1. The van der Waals surface area contributed by atoms with Gasteiger partial charge in [0.05, 0.1) is 19.8 Å². The molecule has 0 aliphatic rings. The van der Waals surface area contributed by atoms with Crippen molar-refractivity contribution in [3.63, 3.8) is 0 Å². The van der Waals surface area contributed by atoms with Gasteiger partial charge in [-0.3, -0.25) is 4.79 Å². The van der Waals surface area contributed by atoms with E-state index >= 15 is 0 Å². The Morgan fingerprint density at radius 2 is 1.78 bits per heavy atom. The quantitative estimate of drug-likeness (QED) is 0.461. The topological polar surface area (TPSA) is 78.5 Å². The number of aromatic hydroxyl groups is 1. The van der Waals surface area contributed by atoms with Gasteiger partial charge in [0, 0.05) is 17.1 Å². The van der Waals surface area contributed by atoms with Crippen LogP contribution >= 0.6 is 11.6 Å². The molecule has 0 heterocycles. The van der Waals surface area contributed by atoms with Gasteiger partial charge >= 0.3 is 0 Å². The van der Waals surface area contributed by atoms with Crippen LogP contribution in [0.5, 0.6) is 5.75 Å². The monoisotopic (exact) mass is 383 g/mol. The first kappa shape index (κ1) is 18.8. The molecule has 27 heavy (non-hydrogen) atoms. The van der Waals surface area contributed by atoms with Gasteiger partial charge in [-0.25, -0.2) is 0 Å². The lowest BCUT2D eigenvalue weighted by Crippen LogP contribution is -3.00. The van der Waals surface area contributed by atoms with Crippen LogP contribution in [0.2, 0.25) is 0 Å². The maximum Gasteiger partial charge on any atom is 0.239 e. The van der Waals surface area contributed by atoms with E-state index in [0.717, 1.165) is 16.5 Å². The number of anilines is 1. The fourth-order valence-electron chi connectivity index (χ4n) is 2.62. The Morgan fingerprint density at radius 1 is 1.07 bits per heavy atom. The second kappa shape index (κ2) is 8.16. The number of carbonyl (C=O) groups excluding carboxylic acids is 1. The standard InChI is InChI=1S/C20H19ClN4O2/c1-25(2)16-9-3-13-4-10-18(26)20(17(13)11-16)24-23-15-7-5-14(6-8-15)22-19(27)12-21/h3-11,26H,12H2,1-2H3,(H,22,27)/p+1. The zero-order valence-electron chi connectivity index (χ0n) is 15.0. The van der Waals surface area contributed by atoms with E-state index in [1.165, 1.54) is 4.90 Å². The lowest BCUT2D eigenvalue weighted by atomic mass is 10.1. The number of halogens is 1. The average Bonchev–Trinajstić information content (AvgIpc) is 2.67. The summed E-state index contributed by atoms with van der Waals surface area (Å²) in [5.74, 6) is -0.299. The van der Waals surface area contributed by atoms with Crippen molar-refractivity contribution in [1.29, 1.82) is 0 Å². The summed E-state index contributed by atoms with van der Waals surface area (Å²) in [5, 5.41) is 23.2. The van der Waals surface area contributed by atoms with Crippen molar-refractivity contribution < 1.29 is 14.8 Å². The highest BCUT2D eigenvalue weighted by Crippen LogP contribution is 2.37. The number of benzene rings is 3. The summed E-state index contributed by atoms with van der Waals surface area (Å²) in [5.41, 5.74) is 2.75. The molecule has 0 aliphatic carbocycles. The second-order valence-electron chi connectivity index (χ2n) is 6.30. The zero-order chi connectivity index (χ0) is 19.4. The van der Waals surface area contributed by atoms with Crippen LogP contribution in [0.3, 0.4) is 0 Å². The van der Waals surface area contributed by atoms with Crippen molar-refractivity contribution in [1.82, 2.24) is 0 Å². The minimum atomic E-state index is -0.273. The van der Waals surface area contributed by atoms with E-state index in [1.807, 2.05) is 38.4 Å². The van der Waals surface area contributed by atoms with Gasteiger partial charge in [-0.15, -0.1) is 16.7 Å². The molecule has 3 aromatic rings. The molecule has 3 rings (SSSR count). The number of nitrogens with one attached hydrogen (secondary N) is 2. The molecule has 0 unspecified atom stereocenters. The summed E-state index contributed by atoms with van der Waals surface area (Å²) in [4.78, 5) is 12.5. The number of alkyl halides is 1. The predicted molar refractivity (Wildman–Crippen MR) is 108 cm³/mol. The van der Waals surface area contributed by atoms with E-state index in [4.69, 9.17) is 11.6 Å². The Morgan fingerprint density at radius 3 is 2.44 bits per heavy atom. The van der Waals surface area contributed by atoms with E-state index in [9.17, 15) is 9.90 Å². The second-order valence-corrected chi connectivity index (χ2v) is 6.57. The number of hydrogen-bond donors (Lipinski definition) is 3. The summed E-state index contributed by atoms with van der Waals surface area (Å²) in [6, 6.07) is 16.4. The molecule has 3 aromatic carbocycles. The number of azo groups is 1. The van der Waals surface area contributed by atoms with Crippen molar-refractivity contribution in [2.75, 3.05) is 25.3 Å². The lowest BCUT2D eigenvalue weighted by molar-refractivity contribution is -0.786. The normalized spacial score (nSPS) is 11.4. The van der Waals surface area contributed by atoms with Crippen LogP contribution in [0.15, 0.2) is 64.8 Å². The number of quaternary nitrogens is 1. The minimum Gasteiger partial charge on any atom is -0.506 e. The molecule has 0 fully saturated rings. The highest BCUT2D eigenvalue weighted by atomic mass is 35.5. The molecule has 138 valence electrons.